The van der Waals surface area contributed by atoms with E-state index in [1.807, 2.05) is 0 Å². The molecule has 0 spiro atoms. The van der Waals surface area contributed by atoms with Gasteiger partial charge in [-0.2, -0.15) is 0 Å². The van der Waals surface area contributed by atoms with E-state index < -0.39 is 14.9 Å². The van der Waals surface area contributed by atoms with E-state index in [0.717, 1.165) is 6.07 Å². The van der Waals surface area contributed by atoms with Gasteiger partial charge in [0.15, 0.2) is 0 Å². The van der Waals surface area contributed by atoms with Crippen molar-refractivity contribution in [2.24, 2.45) is 0 Å². The average Bonchev–Trinajstić information content (AvgIpc) is 2.26. The molecule has 0 aromatic heterocycles. The molecule has 0 atom stereocenters. The number of hydrogen-bond donors (Lipinski definition) is 1. The van der Waals surface area contributed by atoms with Crippen molar-refractivity contribution in [2.75, 3.05) is 6.54 Å². The molecular formula is C11H14N2O4S. The number of nitro groups is 1. The van der Waals surface area contributed by atoms with Crippen molar-refractivity contribution >= 4 is 15.7 Å². The number of benzene rings is 1. The minimum Gasteiger partial charge on any atom is -0.258 e. The van der Waals surface area contributed by atoms with E-state index >= 15 is 0 Å². The molecule has 0 bridgehead atoms. The largest absolute Gasteiger partial charge is 0.270 e. The highest BCUT2D eigenvalue weighted by Gasteiger charge is 2.19. The molecule has 0 aliphatic heterocycles. The third-order valence-corrected chi connectivity index (χ3v) is 3.78. The van der Waals surface area contributed by atoms with Gasteiger partial charge in [0.05, 0.1) is 9.82 Å². The molecule has 0 radical (unpaired) electrons. The topological polar surface area (TPSA) is 89.3 Å². The maximum Gasteiger partial charge on any atom is 0.270 e. The summed E-state index contributed by atoms with van der Waals surface area (Å²) in [7, 11) is -3.76. The van der Waals surface area contributed by atoms with Crippen molar-refractivity contribution in [2.45, 2.75) is 18.7 Å². The van der Waals surface area contributed by atoms with Crippen molar-refractivity contribution in [3.05, 3.63) is 46.0 Å². The van der Waals surface area contributed by atoms with Crippen molar-refractivity contribution in [3.63, 3.8) is 0 Å². The highest BCUT2D eigenvalue weighted by atomic mass is 32.2. The normalized spacial score (nSPS) is 11.2. The Hall–Kier alpha value is -1.73. The lowest BCUT2D eigenvalue weighted by Gasteiger charge is -2.08. The Morgan fingerprint density at radius 1 is 1.50 bits per heavy atom. The maximum atomic E-state index is 12.0. The molecule has 18 heavy (non-hydrogen) atoms. The van der Waals surface area contributed by atoms with Crippen LogP contribution in [-0.4, -0.2) is 19.9 Å². The third kappa shape index (κ3) is 3.38. The number of rotatable bonds is 5. The smallest absolute Gasteiger partial charge is 0.258 e. The molecule has 0 aliphatic rings. The summed E-state index contributed by atoms with van der Waals surface area (Å²) < 4.78 is 26.2. The lowest BCUT2D eigenvalue weighted by Crippen LogP contribution is -2.26. The van der Waals surface area contributed by atoms with Crippen LogP contribution in [-0.2, 0) is 10.0 Å². The van der Waals surface area contributed by atoms with Gasteiger partial charge in [0, 0.05) is 18.7 Å². The first-order valence-corrected chi connectivity index (χ1v) is 6.61. The second kappa shape index (κ2) is 5.28. The first-order valence-electron chi connectivity index (χ1n) is 5.13. The van der Waals surface area contributed by atoms with E-state index in [0.29, 0.717) is 11.1 Å². The van der Waals surface area contributed by atoms with E-state index in [1.54, 1.807) is 13.8 Å². The Morgan fingerprint density at radius 3 is 2.61 bits per heavy atom. The number of nitrogens with zero attached hydrogens (tertiary/aromatic N) is 1. The van der Waals surface area contributed by atoms with Gasteiger partial charge in [-0.1, -0.05) is 18.2 Å². The zero-order chi connectivity index (χ0) is 13.9. The van der Waals surface area contributed by atoms with Crippen LogP contribution in [0.5, 0.6) is 0 Å². The molecule has 0 saturated heterocycles. The number of non-ortho nitro benzene ring substituents is 1. The number of aryl methyl sites for hydroxylation is 1. The van der Waals surface area contributed by atoms with Gasteiger partial charge in [0.2, 0.25) is 10.0 Å². The fourth-order valence-corrected chi connectivity index (χ4v) is 2.65. The molecule has 98 valence electrons. The monoisotopic (exact) mass is 270 g/mol. The molecule has 0 amide bonds. The van der Waals surface area contributed by atoms with Gasteiger partial charge in [-0.15, -0.1) is 0 Å². The Labute approximate surface area is 106 Å². The van der Waals surface area contributed by atoms with Crippen LogP contribution in [0.3, 0.4) is 0 Å². The number of hydrogen-bond acceptors (Lipinski definition) is 4. The number of sulfonamides is 1. The van der Waals surface area contributed by atoms with Crippen molar-refractivity contribution in [1.82, 2.24) is 4.72 Å². The van der Waals surface area contributed by atoms with Crippen molar-refractivity contribution < 1.29 is 13.3 Å². The van der Waals surface area contributed by atoms with E-state index in [4.69, 9.17) is 0 Å². The van der Waals surface area contributed by atoms with Gasteiger partial charge in [-0.3, -0.25) is 10.1 Å². The van der Waals surface area contributed by atoms with Crippen LogP contribution in [0.25, 0.3) is 0 Å². The van der Waals surface area contributed by atoms with E-state index in [-0.39, 0.29) is 17.1 Å². The molecule has 1 N–H and O–H groups in total. The highest BCUT2D eigenvalue weighted by molar-refractivity contribution is 7.89. The summed E-state index contributed by atoms with van der Waals surface area (Å²) in [6.07, 6.45) is 0. The summed E-state index contributed by atoms with van der Waals surface area (Å²) in [5.74, 6) is 0. The van der Waals surface area contributed by atoms with E-state index in [1.165, 1.54) is 12.1 Å². The van der Waals surface area contributed by atoms with Crippen LogP contribution >= 0.6 is 0 Å². The summed E-state index contributed by atoms with van der Waals surface area (Å²) in [5, 5.41) is 10.6. The van der Waals surface area contributed by atoms with Gasteiger partial charge in [-0.05, 0) is 19.4 Å². The standard InChI is InChI=1S/C11H14N2O4S/c1-8(2)7-12-18(16,17)11-6-10(13(14)15)5-4-9(11)3/h4-6,12H,1,7H2,2-3H3. The molecule has 0 unspecified atom stereocenters. The Balaban J connectivity index is 3.18. The molecule has 1 aromatic rings. The highest BCUT2D eigenvalue weighted by Crippen LogP contribution is 2.21. The van der Waals surface area contributed by atoms with Crippen LogP contribution in [0.4, 0.5) is 5.69 Å². The molecule has 1 aromatic carbocycles. The summed E-state index contributed by atoms with van der Waals surface area (Å²) >= 11 is 0. The zero-order valence-electron chi connectivity index (χ0n) is 10.1. The van der Waals surface area contributed by atoms with Crippen LogP contribution < -0.4 is 4.72 Å². The second-order valence-corrected chi connectivity index (χ2v) is 5.72. The molecular weight excluding hydrogens is 256 g/mol. The van der Waals surface area contributed by atoms with Gasteiger partial charge in [-0.25, -0.2) is 13.1 Å². The Bertz CT molecular complexity index is 593. The maximum absolute atomic E-state index is 12.0. The predicted octanol–water partition coefficient (Wildman–Crippen LogP) is 1.76. The lowest BCUT2D eigenvalue weighted by molar-refractivity contribution is -0.385. The Morgan fingerprint density at radius 2 is 2.11 bits per heavy atom. The summed E-state index contributed by atoms with van der Waals surface area (Å²) in [5.41, 5.74) is 0.854. The molecule has 0 heterocycles. The number of nitrogens with one attached hydrogen (secondary N) is 1. The molecule has 7 heteroatoms. The predicted molar refractivity (Wildman–Crippen MR) is 67.8 cm³/mol. The lowest BCUT2D eigenvalue weighted by atomic mass is 10.2. The first kappa shape index (κ1) is 14.3. The first-order chi connectivity index (χ1) is 8.24. The second-order valence-electron chi connectivity index (χ2n) is 3.99. The summed E-state index contributed by atoms with van der Waals surface area (Å²) in [6, 6.07) is 3.73. The van der Waals surface area contributed by atoms with Crippen molar-refractivity contribution in [3.8, 4) is 0 Å². The van der Waals surface area contributed by atoms with Crippen LogP contribution in [0.1, 0.15) is 12.5 Å². The zero-order valence-corrected chi connectivity index (χ0v) is 11.0. The van der Waals surface area contributed by atoms with Gasteiger partial charge >= 0.3 is 0 Å². The van der Waals surface area contributed by atoms with E-state index in [9.17, 15) is 18.5 Å². The molecule has 0 saturated carbocycles. The average molecular weight is 270 g/mol. The third-order valence-electron chi connectivity index (χ3n) is 2.24. The van der Waals surface area contributed by atoms with Gasteiger partial charge in [0.1, 0.15) is 0 Å². The SMILES string of the molecule is C=C(C)CNS(=O)(=O)c1cc([N+](=O)[O-])ccc1C. The number of nitro benzene ring substituents is 1. The van der Waals surface area contributed by atoms with Crippen LogP contribution in [0.15, 0.2) is 35.2 Å². The molecule has 0 fully saturated rings. The fraction of sp³-hybridized carbons (Fsp3) is 0.273. The summed E-state index contributed by atoms with van der Waals surface area (Å²) in [4.78, 5) is 9.92. The quantitative estimate of drug-likeness (QED) is 0.501. The molecule has 0 aliphatic carbocycles. The van der Waals surface area contributed by atoms with Crippen LogP contribution in [0, 0.1) is 17.0 Å². The summed E-state index contributed by atoms with van der Waals surface area (Å²) in [6.45, 7) is 6.95. The Kier molecular flexibility index (Phi) is 4.20. The minimum atomic E-state index is -3.76. The van der Waals surface area contributed by atoms with E-state index in [2.05, 4.69) is 11.3 Å². The molecule has 1 rings (SSSR count). The molecule has 6 nitrogen and oxygen atoms in total. The van der Waals surface area contributed by atoms with Crippen LogP contribution in [0.2, 0.25) is 0 Å². The van der Waals surface area contributed by atoms with Gasteiger partial charge in [0.25, 0.3) is 5.69 Å². The van der Waals surface area contributed by atoms with Gasteiger partial charge < -0.3 is 0 Å². The minimum absolute atomic E-state index is 0.0852. The fourth-order valence-electron chi connectivity index (χ4n) is 1.29. The van der Waals surface area contributed by atoms with Crippen molar-refractivity contribution in [1.29, 1.82) is 0 Å².